The lowest BCUT2D eigenvalue weighted by Gasteiger charge is -2.34. The molecule has 2 N–H and O–H groups in total. The maximum Gasteiger partial charge on any atom is 0.131 e. The minimum absolute atomic E-state index is 0.351. The normalized spacial score (nSPS) is 19.7. The van der Waals surface area contributed by atoms with Crippen molar-refractivity contribution in [3.8, 4) is 0 Å². The molecule has 1 atom stereocenters. The molecule has 2 heterocycles. The number of hydrogen-bond donors (Lipinski definition) is 1. The Morgan fingerprint density at radius 3 is 3.05 bits per heavy atom. The van der Waals surface area contributed by atoms with Crippen LogP contribution in [0.25, 0.3) is 0 Å². The number of ether oxygens (including phenoxy) is 1. The van der Waals surface area contributed by atoms with Crippen molar-refractivity contribution in [2.75, 3.05) is 31.1 Å². The Bertz CT molecular complexity index is 406. The molecule has 0 aliphatic carbocycles. The van der Waals surface area contributed by atoms with Crippen LogP contribution >= 0.6 is 0 Å². The highest BCUT2D eigenvalue weighted by Gasteiger charge is 2.22. The van der Waals surface area contributed by atoms with E-state index in [1.54, 1.807) is 0 Å². The fraction of sp³-hybridized carbons (Fsp3) is 0.667. The van der Waals surface area contributed by atoms with Crippen LogP contribution in [-0.4, -0.2) is 37.3 Å². The van der Waals surface area contributed by atoms with Crippen LogP contribution in [0, 0.1) is 6.92 Å². The Morgan fingerprint density at radius 2 is 2.37 bits per heavy atom. The summed E-state index contributed by atoms with van der Waals surface area (Å²) in [5, 5.41) is 0. The Balaban J connectivity index is 2.08. The average molecular weight is 263 g/mol. The summed E-state index contributed by atoms with van der Waals surface area (Å²) in [6.45, 7) is 7.69. The molecule has 1 saturated heterocycles. The van der Waals surface area contributed by atoms with E-state index >= 15 is 0 Å². The van der Waals surface area contributed by atoms with E-state index in [-0.39, 0.29) is 0 Å². The Labute approximate surface area is 116 Å². The smallest absolute Gasteiger partial charge is 0.131 e. The summed E-state index contributed by atoms with van der Waals surface area (Å²) in [7, 11) is 0. The third kappa shape index (κ3) is 3.67. The van der Waals surface area contributed by atoms with Crippen molar-refractivity contribution in [1.29, 1.82) is 0 Å². The van der Waals surface area contributed by atoms with E-state index in [0.717, 1.165) is 38.4 Å². The van der Waals surface area contributed by atoms with E-state index in [1.807, 2.05) is 6.20 Å². The third-order valence-corrected chi connectivity index (χ3v) is 3.62. The molecular weight excluding hydrogens is 238 g/mol. The maximum atomic E-state index is 5.75. The first-order valence-corrected chi connectivity index (χ1v) is 7.26. The first-order chi connectivity index (χ1) is 9.24. The largest absolute Gasteiger partial charge is 0.377 e. The molecule has 0 spiro atoms. The fourth-order valence-corrected chi connectivity index (χ4v) is 2.76. The third-order valence-electron chi connectivity index (χ3n) is 3.62. The highest BCUT2D eigenvalue weighted by atomic mass is 16.5. The van der Waals surface area contributed by atoms with E-state index in [9.17, 15) is 0 Å². The van der Waals surface area contributed by atoms with Crippen molar-refractivity contribution in [3.63, 3.8) is 0 Å². The summed E-state index contributed by atoms with van der Waals surface area (Å²) in [4.78, 5) is 6.98. The molecule has 4 nitrogen and oxygen atoms in total. The van der Waals surface area contributed by atoms with Crippen molar-refractivity contribution in [1.82, 2.24) is 4.98 Å². The highest BCUT2D eigenvalue weighted by molar-refractivity contribution is 5.48. The molecule has 106 valence electrons. The number of nitrogens with two attached hydrogens (primary N) is 1. The monoisotopic (exact) mass is 263 g/mol. The number of hydrogen-bond acceptors (Lipinski definition) is 4. The summed E-state index contributed by atoms with van der Waals surface area (Å²) in [5.74, 6) is 1.10. The Kier molecular flexibility index (Phi) is 5.16. The molecule has 1 aromatic heterocycles. The first kappa shape index (κ1) is 14.3. The van der Waals surface area contributed by atoms with Crippen molar-refractivity contribution < 1.29 is 4.74 Å². The van der Waals surface area contributed by atoms with Gasteiger partial charge in [-0.25, -0.2) is 4.98 Å². The van der Waals surface area contributed by atoms with Crippen LogP contribution in [0.4, 0.5) is 5.82 Å². The molecule has 0 bridgehead atoms. The van der Waals surface area contributed by atoms with Gasteiger partial charge in [-0.05, 0) is 50.8 Å². The summed E-state index contributed by atoms with van der Waals surface area (Å²) in [6, 6.07) is 2.21. The predicted molar refractivity (Wildman–Crippen MR) is 78.6 cm³/mol. The number of nitrogens with zero attached hydrogens (tertiary/aromatic N) is 2. The molecule has 1 aliphatic heterocycles. The zero-order valence-corrected chi connectivity index (χ0v) is 12.1. The van der Waals surface area contributed by atoms with Gasteiger partial charge in [0.2, 0.25) is 0 Å². The van der Waals surface area contributed by atoms with Crippen LogP contribution in [0.1, 0.15) is 30.9 Å². The number of rotatable bonds is 5. The standard InChI is InChI=1S/C15H25N3O/c1-3-19-14-5-4-8-18(11-14)15-12(2)9-13(6-7-16)10-17-15/h9-10,14H,3-8,11,16H2,1-2H3. The van der Waals surface area contributed by atoms with Crippen LogP contribution in [0.3, 0.4) is 0 Å². The average Bonchev–Trinajstić information content (AvgIpc) is 2.40. The minimum Gasteiger partial charge on any atom is -0.377 e. The van der Waals surface area contributed by atoms with Gasteiger partial charge >= 0.3 is 0 Å². The zero-order valence-electron chi connectivity index (χ0n) is 12.1. The van der Waals surface area contributed by atoms with E-state index in [2.05, 4.69) is 29.8 Å². The predicted octanol–water partition coefficient (Wildman–Crippen LogP) is 1.90. The number of piperidine rings is 1. The molecule has 1 fully saturated rings. The van der Waals surface area contributed by atoms with Gasteiger partial charge in [-0.2, -0.15) is 0 Å². The molecule has 0 saturated carbocycles. The van der Waals surface area contributed by atoms with Crippen molar-refractivity contribution in [2.24, 2.45) is 5.73 Å². The second-order valence-corrected chi connectivity index (χ2v) is 5.19. The first-order valence-electron chi connectivity index (χ1n) is 7.26. The molecule has 0 aromatic carbocycles. The van der Waals surface area contributed by atoms with Gasteiger partial charge in [0, 0.05) is 25.9 Å². The van der Waals surface area contributed by atoms with Gasteiger partial charge in [0.1, 0.15) is 5.82 Å². The van der Waals surface area contributed by atoms with Gasteiger partial charge in [-0.15, -0.1) is 0 Å². The van der Waals surface area contributed by atoms with Crippen LogP contribution in [0.15, 0.2) is 12.3 Å². The molecule has 19 heavy (non-hydrogen) atoms. The SMILES string of the molecule is CCOC1CCCN(c2ncc(CCN)cc2C)C1. The maximum absolute atomic E-state index is 5.75. The second kappa shape index (κ2) is 6.87. The summed E-state index contributed by atoms with van der Waals surface area (Å²) in [6.07, 6.45) is 5.55. The molecule has 1 aliphatic rings. The number of aromatic nitrogens is 1. The molecule has 2 rings (SSSR count). The van der Waals surface area contributed by atoms with Gasteiger partial charge < -0.3 is 15.4 Å². The minimum atomic E-state index is 0.351. The van der Waals surface area contributed by atoms with Crippen molar-refractivity contribution in [2.45, 2.75) is 39.2 Å². The van der Waals surface area contributed by atoms with Crippen molar-refractivity contribution in [3.05, 3.63) is 23.4 Å². The Hall–Kier alpha value is -1.13. The van der Waals surface area contributed by atoms with Crippen LogP contribution < -0.4 is 10.6 Å². The summed E-state index contributed by atoms with van der Waals surface area (Å²) < 4.78 is 5.75. The molecular formula is C15H25N3O. The molecule has 4 heteroatoms. The van der Waals surface area contributed by atoms with Gasteiger partial charge in [0.25, 0.3) is 0 Å². The van der Waals surface area contributed by atoms with Gasteiger partial charge in [0.05, 0.1) is 6.10 Å². The van der Waals surface area contributed by atoms with Crippen LogP contribution in [0.5, 0.6) is 0 Å². The topological polar surface area (TPSA) is 51.4 Å². The molecule has 0 amide bonds. The van der Waals surface area contributed by atoms with Gasteiger partial charge in [-0.1, -0.05) is 6.07 Å². The number of anilines is 1. The van der Waals surface area contributed by atoms with Crippen molar-refractivity contribution >= 4 is 5.82 Å². The lowest BCUT2D eigenvalue weighted by Crippen LogP contribution is -2.40. The lowest BCUT2D eigenvalue weighted by molar-refractivity contribution is 0.0525. The lowest BCUT2D eigenvalue weighted by atomic mass is 10.1. The summed E-state index contributed by atoms with van der Waals surface area (Å²) >= 11 is 0. The van der Waals surface area contributed by atoms with Gasteiger partial charge in [-0.3, -0.25) is 0 Å². The number of aryl methyl sites for hydroxylation is 1. The fourth-order valence-electron chi connectivity index (χ4n) is 2.76. The second-order valence-electron chi connectivity index (χ2n) is 5.19. The summed E-state index contributed by atoms with van der Waals surface area (Å²) in [5.41, 5.74) is 8.05. The quantitative estimate of drug-likeness (QED) is 0.881. The molecule has 1 unspecified atom stereocenters. The Morgan fingerprint density at radius 1 is 1.53 bits per heavy atom. The van der Waals surface area contributed by atoms with E-state index in [4.69, 9.17) is 10.5 Å². The number of pyridine rings is 1. The van der Waals surface area contributed by atoms with Crippen LogP contribution in [-0.2, 0) is 11.2 Å². The van der Waals surface area contributed by atoms with E-state index in [0.29, 0.717) is 12.6 Å². The molecule has 0 radical (unpaired) electrons. The van der Waals surface area contributed by atoms with E-state index in [1.165, 1.54) is 17.5 Å². The zero-order chi connectivity index (χ0) is 13.7. The van der Waals surface area contributed by atoms with Crippen LogP contribution in [0.2, 0.25) is 0 Å². The van der Waals surface area contributed by atoms with E-state index < -0.39 is 0 Å². The van der Waals surface area contributed by atoms with Gasteiger partial charge in [0.15, 0.2) is 0 Å². The molecule has 1 aromatic rings. The highest BCUT2D eigenvalue weighted by Crippen LogP contribution is 2.23.